The van der Waals surface area contributed by atoms with Crippen LogP contribution in [0.15, 0.2) is 66.7 Å². The fourth-order valence-electron chi connectivity index (χ4n) is 3.43. The van der Waals surface area contributed by atoms with Gasteiger partial charge < -0.3 is 19.9 Å². The Hall–Kier alpha value is -4.11. The van der Waals surface area contributed by atoms with E-state index in [1.165, 1.54) is 6.07 Å². The molecule has 1 aromatic heterocycles. The molecule has 9 nitrogen and oxygen atoms in total. The number of benzene rings is 2. The fraction of sp³-hybridized carbons (Fsp3) is 0.269. The Bertz CT molecular complexity index is 1150. The third-order valence-corrected chi connectivity index (χ3v) is 5.12. The van der Waals surface area contributed by atoms with Crippen LogP contribution < -0.4 is 5.32 Å². The molecule has 0 spiro atoms. The van der Waals surface area contributed by atoms with Crippen LogP contribution in [0, 0.1) is 0 Å². The van der Waals surface area contributed by atoms with Crippen LogP contribution in [0.1, 0.15) is 40.3 Å². The molecule has 9 heteroatoms. The van der Waals surface area contributed by atoms with Crippen LogP contribution in [0.4, 0.5) is 0 Å². The summed E-state index contributed by atoms with van der Waals surface area (Å²) < 4.78 is 10.0. The number of aliphatic hydroxyl groups is 1. The number of nitrogens with one attached hydrogen (secondary N) is 1. The van der Waals surface area contributed by atoms with Gasteiger partial charge in [0.15, 0.2) is 11.8 Å². The second kappa shape index (κ2) is 12.4. The first-order valence-corrected chi connectivity index (χ1v) is 11.2. The molecule has 3 aromatic rings. The Balaban J connectivity index is 1.80. The van der Waals surface area contributed by atoms with Gasteiger partial charge in [-0.2, -0.15) is 0 Å². The average molecular weight is 478 g/mol. The summed E-state index contributed by atoms with van der Waals surface area (Å²) in [4.78, 5) is 37.3. The average Bonchev–Trinajstić information content (AvgIpc) is 2.89. The van der Waals surface area contributed by atoms with Gasteiger partial charge in [-0.25, -0.2) is 9.59 Å². The molecular formula is C26H27N3O6. The number of nitrogens with zero attached hydrogens (tertiary/aromatic N) is 2. The van der Waals surface area contributed by atoms with Crippen LogP contribution in [-0.4, -0.2) is 58.5 Å². The second-order valence-corrected chi connectivity index (χ2v) is 7.54. The van der Waals surface area contributed by atoms with Crippen LogP contribution >= 0.6 is 0 Å². The summed E-state index contributed by atoms with van der Waals surface area (Å²) >= 11 is 0. The lowest BCUT2D eigenvalue weighted by Crippen LogP contribution is -2.49. The van der Waals surface area contributed by atoms with Gasteiger partial charge in [0, 0.05) is 5.56 Å². The molecule has 0 saturated heterocycles. The van der Waals surface area contributed by atoms with Gasteiger partial charge in [-0.3, -0.25) is 4.79 Å². The van der Waals surface area contributed by atoms with Crippen molar-refractivity contribution in [3.8, 4) is 11.3 Å². The first-order chi connectivity index (χ1) is 16.9. The van der Waals surface area contributed by atoms with E-state index in [2.05, 4.69) is 15.5 Å². The third-order valence-electron chi connectivity index (χ3n) is 5.12. The molecule has 3 rings (SSSR count). The monoisotopic (exact) mass is 477 g/mol. The summed E-state index contributed by atoms with van der Waals surface area (Å²) in [6, 6.07) is 18.0. The van der Waals surface area contributed by atoms with Crippen molar-refractivity contribution in [1.29, 1.82) is 0 Å². The predicted molar refractivity (Wildman–Crippen MR) is 127 cm³/mol. The molecule has 0 aliphatic heterocycles. The van der Waals surface area contributed by atoms with E-state index in [1.807, 2.05) is 30.3 Å². The molecule has 0 fully saturated rings. The van der Waals surface area contributed by atoms with Crippen molar-refractivity contribution in [1.82, 2.24) is 15.5 Å². The number of ether oxygens (including phenoxy) is 2. The lowest BCUT2D eigenvalue weighted by molar-refractivity contribution is -0.154. The topological polar surface area (TPSA) is 128 Å². The van der Waals surface area contributed by atoms with E-state index in [9.17, 15) is 19.5 Å². The summed E-state index contributed by atoms with van der Waals surface area (Å²) in [6.45, 7) is 3.69. The normalized spacial score (nSPS) is 12.3. The zero-order chi connectivity index (χ0) is 25.2. The van der Waals surface area contributed by atoms with E-state index in [0.717, 1.165) is 5.56 Å². The number of aliphatic hydroxyl groups excluding tert-OH is 1. The van der Waals surface area contributed by atoms with Gasteiger partial charge in [0.25, 0.3) is 5.91 Å². The second-order valence-electron chi connectivity index (χ2n) is 7.54. The fourth-order valence-corrected chi connectivity index (χ4v) is 3.43. The van der Waals surface area contributed by atoms with Crippen molar-refractivity contribution in [3.63, 3.8) is 0 Å². The van der Waals surface area contributed by atoms with Gasteiger partial charge in [0.2, 0.25) is 0 Å². The maximum atomic E-state index is 12.9. The highest BCUT2D eigenvalue weighted by molar-refractivity contribution is 5.97. The van der Waals surface area contributed by atoms with Gasteiger partial charge >= 0.3 is 11.9 Å². The molecule has 0 saturated carbocycles. The molecule has 1 amide bonds. The Kier molecular flexibility index (Phi) is 9.02. The molecule has 2 atom stereocenters. The van der Waals surface area contributed by atoms with Crippen LogP contribution in [0.25, 0.3) is 11.3 Å². The first-order valence-electron chi connectivity index (χ1n) is 11.2. The Morgan fingerprint density at radius 2 is 1.57 bits per heavy atom. The predicted octanol–water partition coefficient (Wildman–Crippen LogP) is 2.59. The van der Waals surface area contributed by atoms with Gasteiger partial charge in [-0.15, -0.1) is 10.2 Å². The van der Waals surface area contributed by atoms with E-state index >= 15 is 0 Å². The Morgan fingerprint density at radius 3 is 2.23 bits per heavy atom. The van der Waals surface area contributed by atoms with Crippen molar-refractivity contribution in [2.24, 2.45) is 0 Å². The van der Waals surface area contributed by atoms with Crippen molar-refractivity contribution in [2.75, 3.05) is 13.2 Å². The maximum absolute atomic E-state index is 12.9. The highest BCUT2D eigenvalue weighted by atomic mass is 16.5. The van der Waals surface area contributed by atoms with E-state index in [4.69, 9.17) is 9.47 Å². The summed E-state index contributed by atoms with van der Waals surface area (Å²) in [5, 5.41) is 21.3. The number of aromatic nitrogens is 2. The SMILES string of the molecule is CCOC(=O)c1ccccc1-c1ccc(C(=O)N[C@H](Cc2ccccc2)[C@@H](O)C(=O)OCC)nn1. The van der Waals surface area contributed by atoms with Crippen LogP contribution in [0.3, 0.4) is 0 Å². The summed E-state index contributed by atoms with van der Waals surface area (Å²) in [5.74, 6) is -1.93. The van der Waals surface area contributed by atoms with Crippen LogP contribution in [0.5, 0.6) is 0 Å². The maximum Gasteiger partial charge on any atom is 0.338 e. The molecule has 0 radical (unpaired) electrons. The van der Waals surface area contributed by atoms with Crippen molar-refractivity contribution in [2.45, 2.75) is 32.4 Å². The molecule has 0 unspecified atom stereocenters. The smallest absolute Gasteiger partial charge is 0.338 e. The minimum atomic E-state index is -1.57. The molecule has 0 aliphatic carbocycles. The zero-order valence-corrected chi connectivity index (χ0v) is 19.5. The summed E-state index contributed by atoms with van der Waals surface area (Å²) in [7, 11) is 0. The van der Waals surface area contributed by atoms with Gasteiger partial charge in [0.1, 0.15) is 0 Å². The number of carbonyl (C=O) groups excluding carboxylic acids is 3. The number of amides is 1. The lowest BCUT2D eigenvalue weighted by atomic mass is 10.0. The van der Waals surface area contributed by atoms with Gasteiger partial charge in [-0.05, 0) is 44.0 Å². The molecule has 2 N–H and O–H groups in total. The Morgan fingerprint density at radius 1 is 0.886 bits per heavy atom. The van der Waals surface area contributed by atoms with E-state index in [0.29, 0.717) is 16.8 Å². The minimum Gasteiger partial charge on any atom is -0.464 e. The highest BCUT2D eigenvalue weighted by Gasteiger charge is 2.30. The minimum absolute atomic E-state index is 0.0171. The van der Waals surface area contributed by atoms with Gasteiger partial charge in [-0.1, -0.05) is 48.5 Å². The van der Waals surface area contributed by atoms with E-state index < -0.39 is 30.0 Å². The molecule has 0 aliphatic rings. The largest absolute Gasteiger partial charge is 0.464 e. The number of carbonyl (C=O) groups is 3. The van der Waals surface area contributed by atoms with E-state index in [1.54, 1.807) is 44.2 Å². The van der Waals surface area contributed by atoms with Crippen molar-refractivity contribution < 1.29 is 29.0 Å². The van der Waals surface area contributed by atoms with Crippen molar-refractivity contribution in [3.05, 3.63) is 83.6 Å². The van der Waals surface area contributed by atoms with E-state index in [-0.39, 0.29) is 25.3 Å². The number of esters is 2. The van der Waals surface area contributed by atoms with Crippen molar-refractivity contribution >= 4 is 17.8 Å². The third kappa shape index (κ3) is 6.70. The number of hydrogen-bond donors (Lipinski definition) is 2. The lowest BCUT2D eigenvalue weighted by Gasteiger charge is -2.23. The molecule has 2 aromatic carbocycles. The quantitative estimate of drug-likeness (QED) is 0.427. The molecule has 1 heterocycles. The molecule has 0 bridgehead atoms. The number of rotatable bonds is 10. The zero-order valence-electron chi connectivity index (χ0n) is 19.5. The molecule has 35 heavy (non-hydrogen) atoms. The molecular weight excluding hydrogens is 450 g/mol. The van der Waals surface area contributed by atoms with Gasteiger partial charge in [0.05, 0.1) is 30.5 Å². The highest BCUT2D eigenvalue weighted by Crippen LogP contribution is 2.22. The summed E-state index contributed by atoms with van der Waals surface area (Å²) in [5.41, 5.74) is 2.04. The first kappa shape index (κ1) is 25.5. The van der Waals surface area contributed by atoms with Crippen LogP contribution in [0.2, 0.25) is 0 Å². The van der Waals surface area contributed by atoms with Crippen LogP contribution in [-0.2, 0) is 20.7 Å². The number of hydrogen-bond acceptors (Lipinski definition) is 8. The summed E-state index contributed by atoms with van der Waals surface area (Å²) in [6.07, 6.45) is -1.37. The Labute approximate surface area is 203 Å². The standard InChI is InChI=1S/C26H27N3O6/c1-3-34-25(32)19-13-9-8-12-18(19)20-14-15-21(29-28-20)24(31)27-22(23(30)26(33)35-4-2)16-17-10-6-5-7-11-17/h5-15,22-23,30H,3-4,16H2,1-2H3,(H,27,31)/t22-,23-/m1/s1. The molecule has 182 valence electrons.